The molecule has 1 aliphatic heterocycles. The summed E-state index contributed by atoms with van der Waals surface area (Å²) in [6, 6.07) is 0. The fourth-order valence-electron chi connectivity index (χ4n) is 0.760. The van der Waals surface area contributed by atoms with Gasteiger partial charge in [-0.2, -0.15) is 0 Å². The van der Waals surface area contributed by atoms with Crippen LogP contribution in [0.15, 0.2) is 0 Å². The highest BCUT2D eigenvalue weighted by Crippen LogP contribution is 2.04. The second kappa shape index (κ2) is 17.3. The van der Waals surface area contributed by atoms with Crippen LogP contribution in [-0.4, -0.2) is 28.3 Å². The minimum absolute atomic E-state index is 0. The molecule has 3 heteroatoms. The highest BCUT2D eigenvalue weighted by atomic mass is 16.5. The first-order chi connectivity index (χ1) is 5.91. The van der Waals surface area contributed by atoms with Crippen molar-refractivity contribution < 1.29 is 6.16 Å². The average molecular weight is 170 g/mol. The van der Waals surface area contributed by atoms with E-state index in [0.29, 0.717) is 0 Å². The van der Waals surface area contributed by atoms with Crippen LogP contribution in [0.3, 0.4) is 0 Å². The molecule has 0 bridgehead atoms. The molecule has 1 aliphatic rings. The van der Waals surface area contributed by atoms with Gasteiger partial charge < -0.3 is 4.74 Å². The Labute approximate surface area is 81.2 Å². The van der Waals surface area contributed by atoms with Gasteiger partial charge in [0.15, 0.2) is 0 Å². The minimum atomic E-state index is 0. The third-order valence-corrected chi connectivity index (χ3v) is 1.44. The van der Waals surface area contributed by atoms with Gasteiger partial charge in [0, 0.05) is 15.1 Å². The number of rotatable bonds is 1. The Morgan fingerprint density at radius 3 is 1.75 bits per heavy atom. The molecule has 0 aromatic heterocycles. The predicted octanol–water partition coefficient (Wildman–Crippen LogP) is 2.94. The van der Waals surface area contributed by atoms with Crippen molar-refractivity contribution in [3.63, 3.8) is 0 Å². The second-order valence-electron chi connectivity index (χ2n) is 2.32. The molecule has 0 saturated carbocycles. The lowest BCUT2D eigenvalue weighted by Gasteiger charge is -2.02. The lowest BCUT2D eigenvalue weighted by Crippen LogP contribution is -2.03. The van der Waals surface area contributed by atoms with Crippen LogP contribution >= 0.6 is 0 Å². The van der Waals surface area contributed by atoms with Crippen LogP contribution in [0.4, 0.5) is 0 Å². The Bertz CT molecular complexity index is 48.1. The number of hydrogen-bond donors (Lipinski definition) is 0. The minimum Gasteiger partial charge on any atom is -0.385 e. The van der Waals surface area contributed by atoms with Crippen molar-refractivity contribution in [3.05, 3.63) is 0 Å². The first-order valence-electron chi connectivity index (χ1n) is 5.04. The van der Waals surface area contributed by atoms with Gasteiger partial charge in [-0.3, -0.25) is 0 Å². The molecule has 0 spiro atoms. The lowest BCUT2D eigenvalue weighted by molar-refractivity contribution is 0.215. The van der Waals surface area contributed by atoms with Crippen molar-refractivity contribution in [2.75, 3.05) is 13.7 Å². The molecule has 0 amide bonds. The smallest absolute Gasteiger partial charge is 0.100 e. The monoisotopic (exact) mass is 170 g/mol. The van der Waals surface area contributed by atoms with E-state index in [2.05, 4.69) is 19.3 Å². The van der Waals surface area contributed by atoms with E-state index >= 15 is 0 Å². The molecule has 1 nitrogen and oxygen atoms in total. The van der Waals surface area contributed by atoms with Gasteiger partial charge in [-0.1, -0.05) is 32.9 Å². The van der Waals surface area contributed by atoms with Gasteiger partial charge in [-0.25, -0.2) is 0 Å². The van der Waals surface area contributed by atoms with E-state index in [9.17, 15) is 0 Å². The van der Waals surface area contributed by atoms with Crippen molar-refractivity contribution in [1.82, 2.24) is 0 Å². The molecule has 0 unspecified atom stereocenters. The quantitative estimate of drug-likeness (QED) is 0.549. The van der Waals surface area contributed by atoms with E-state index in [0.717, 1.165) is 6.61 Å². The SMILES string of the molecule is CC.CCOC.[B]1C[B]CCC1.[HH]. The van der Waals surface area contributed by atoms with Crippen LogP contribution in [0.5, 0.6) is 0 Å². The lowest BCUT2D eigenvalue weighted by atomic mass is 9.46. The van der Waals surface area contributed by atoms with Crippen molar-refractivity contribution >= 4 is 14.6 Å². The van der Waals surface area contributed by atoms with Gasteiger partial charge >= 0.3 is 0 Å². The summed E-state index contributed by atoms with van der Waals surface area (Å²) >= 11 is 0. The Morgan fingerprint density at radius 1 is 1.25 bits per heavy atom. The molecule has 72 valence electrons. The molecular weight excluding hydrogens is 146 g/mol. The van der Waals surface area contributed by atoms with Crippen molar-refractivity contribution in [2.24, 2.45) is 0 Å². The maximum absolute atomic E-state index is 4.54. The molecule has 0 atom stereocenters. The maximum atomic E-state index is 4.54. The van der Waals surface area contributed by atoms with Crippen LogP contribution in [-0.2, 0) is 4.74 Å². The highest BCUT2D eigenvalue weighted by Gasteiger charge is 1.98. The number of methoxy groups -OCH3 is 1. The zero-order valence-corrected chi connectivity index (χ0v) is 9.10. The molecule has 1 saturated heterocycles. The van der Waals surface area contributed by atoms with E-state index in [1.54, 1.807) is 7.11 Å². The van der Waals surface area contributed by atoms with Crippen molar-refractivity contribution in [3.8, 4) is 0 Å². The zero-order chi connectivity index (χ0) is 9.66. The van der Waals surface area contributed by atoms with Gasteiger partial charge in [0.05, 0.1) is 0 Å². The first kappa shape index (κ1) is 14.6. The van der Waals surface area contributed by atoms with Crippen LogP contribution < -0.4 is 0 Å². The normalized spacial score (nSPS) is 13.7. The molecule has 12 heavy (non-hydrogen) atoms. The summed E-state index contributed by atoms with van der Waals surface area (Å²) in [6.07, 6.45) is 5.33. The van der Waals surface area contributed by atoms with Crippen LogP contribution in [0.1, 0.15) is 28.6 Å². The van der Waals surface area contributed by atoms with Gasteiger partial charge in [-0.05, 0) is 6.92 Å². The molecule has 1 fully saturated rings. The van der Waals surface area contributed by atoms with Gasteiger partial charge in [0.25, 0.3) is 0 Å². The Morgan fingerprint density at radius 2 is 1.67 bits per heavy atom. The number of hydrogen-bond acceptors (Lipinski definition) is 1. The Balaban J connectivity index is -0.000000128. The second-order valence-corrected chi connectivity index (χ2v) is 2.32. The van der Waals surface area contributed by atoms with E-state index in [1.807, 2.05) is 20.8 Å². The standard InChI is InChI=1S/C4H8B2.C3H8O.C2H6.H2/c1-2-5-4-6-3-1;1-3-4-2;1-2;/h1-4H2;3H2,1-2H3;1-2H3;1H. The molecule has 1 heterocycles. The molecule has 2 radical (unpaired) electrons. The van der Waals surface area contributed by atoms with E-state index < -0.39 is 0 Å². The Hall–Kier alpha value is 0.0899. The number of ether oxygens (including phenoxy) is 1. The predicted molar refractivity (Wildman–Crippen MR) is 61.6 cm³/mol. The van der Waals surface area contributed by atoms with Crippen molar-refractivity contribution in [2.45, 2.75) is 46.1 Å². The topological polar surface area (TPSA) is 9.23 Å². The Kier molecular flexibility index (Phi) is 21.0. The summed E-state index contributed by atoms with van der Waals surface area (Å²) in [6.45, 7) is 6.78. The van der Waals surface area contributed by atoms with E-state index in [4.69, 9.17) is 0 Å². The zero-order valence-electron chi connectivity index (χ0n) is 9.10. The van der Waals surface area contributed by atoms with E-state index in [1.165, 1.54) is 25.3 Å². The fraction of sp³-hybridized carbons (Fsp3) is 1.00. The van der Waals surface area contributed by atoms with Crippen LogP contribution in [0.25, 0.3) is 0 Å². The molecule has 0 aromatic rings. The van der Waals surface area contributed by atoms with Gasteiger partial charge in [0.2, 0.25) is 0 Å². The fourth-order valence-corrected chi connectivity index (χ4v) is 0.760. The third kappa shape index (κ3) is 16.6. The summed E-state index contributed by atoms with van der Waals surface area (Å²) in [5, 5.41) is 0. The molecule has 0 aliphatic carbocycles. The molecule has 0 N–H and O–H groups in total. The van der Waals surface area contributed by atoms with Crippen LogP contribution in [0.2, 0.25) is 18.9 Å². The van der Waals surface area contributed by atoms with Crippen molar-refractivity contribution in [1.29, 1.82) is 0 Å². The van der Waals surface area contributed by atoms with Gasteiger partial charge in [0.1, 0.15) is 14.6 Å². The summed E-state index contributed by atoms with van der Waals surface area (Å²) in [4.78, 5) is 0. The summed E-state index contributed by atoms with van der Waals surface area (Å²) in [5.41, 5.74) is 0. The highest BCUT2D eigenvalue weighted by molar-refractivity contribution is 6.57. The third-order valence-electron chi connectivity index (χ3n) is 1.44. The average Bonchev–Trinajstić information content (AvgIpc) is 2.24. The largest absolute Gasteiger partial charge is 0.385 e. The summed E-state index contributed by atoms with van der Waals surface area (Å²) in [5.74, 6) is 0. The maximum Gasteiger partial charge on any atom is 0.100 e. The summed E-state index contributed by atoms with van der Waals surface area (Å²) in [7, 11) is 6.35. The molecule has 0 aromatic carbocycles. The summed E-state index contributed by atoms with van der Waals surface area (Å²) < 4.78 is 4.54. The molecular formula is C9H24B2O. The van der Waals surface area contributed by atoms with Gasteiger partial charge in [-0.15, -0.1) is 6.22 Å². The van der Waals surface area contributed by atoms with E-state index in [-0.39, 0.29) is 1.43 Å². The molecule has 1 rings (SSSR count). The van der Waals surface area contributed by atoms with Crippen LogP contribution in [0, 0.1) is 0 Å². The first-order valence-corrected chi connectivity index (χ1v) is 5.04.